The van der Waals surface area contributed by atoms with Crippen molar-refractivity contribution in [2.24, 2.45) is 0 Å². The molecule has 1 aromatic heterocycles. The minimum Gasteiger partial charge on any atom is -0.497 e. The molecule has 0 unspecified atom stereocenters. The van der Waals surface area contributed by atoms with E-state index in [4.69, 9.17) is 4.74 Å². The third-order valence-electron chi connectivity index (χ3n) is 3.07. The topological polar surface area (TPSA) is 34.1 Å². The number of hydrogen-bond donors (Lipinski definition) is 1. The van der Waals surface area contributed by atoms with E-state index in [1.165, 1.54) is 13.2 Å². The molecule has 1 aromatic carbocycles. The van der Waals surface area contributed by atoms with Crippen LogP contribution in [0.1, 0.15) is 24.1 Å². The number of halogens is 1. The van der Waals surface area contributed by atoms with Crippen LogP contribution in [0.15, 0.2) is 42.7 Å². The Bertz CT molecular complexity index is 531. The summed E-state index contributed by atoms with van der Waals surface area (Å²) in [4.78, 5) is 3.98. The van der Waals surface area contributed by atoms with Gasteiger partial charge in [-0.1, -0.05) is 6.07 Å². The molecule has 2 aromatic rings. The first-order valence-corrected chi connectivity index (χ1v) is 6.16. The van der Waals surface area contributed by atoms with Gasteiger partial charge in [0.1, 0.15) is 11.6 Å². The molecule has 100 valence electrons. The van der Waals surface area contributed by atoms with E-state index < -0.39 is 0 Å². The Kier molecular flexibility index (Phi) is 4.47. The van der Waals surface area contributed by atoms with Crippen molar-refractivity contribution in [1.29, 1.82) is 0 Å². The third kappa shape index (κ3) is 3.51. The van der Waals surface area contributed by atoms with Gasteiger partial charge in [0.05, 0.1) is 7.11 Å². The molecule has 3 nitrogen and oxygen atoms in total. The molecule has 0 radical (unpaired) electrons. The first kappa shape index (κ1) is 13.5. The molecule has 0 saturated heterocycles. The fourth-order valence-electron chi connectivity index (χ4n) is 1.83. The highest BCUT2D eigenvalue weighted by molar-refractivity contribution is 5.29. The summed E-state index contributed by atoms with van der Waals surface area (Å²) in [5, 5.41) is 3.28. The predicted octanol–water partition coefficient (Wildman–Crippen LogP) is 3.08. The number of ether oxygens (including phenoxy) is 1. The van der Waals surface area contributed by atoms with E-state index in [-0.39, 0.29) is 11.9 Å². The lowest BCUT2D eigenvalue weighted by molar-refractivity contribution is 0.410. The van der Waals surface area contributed by atoms with E-state index in [9.17, 15) is 4.39 Å². The molecule has 0 aliphatic carbocycles. The smallest absolute Gasteiger partial charge is 0.131 e. The number of rotatable bonds is 5. The van der Waals surface area contributed by atoms with Crippen LogP contribution in [0.5, 0.6) is 5.75 Å². The highest BCUT2D eigenvalue weighted by atomic mass is 19.1. The lowest BCUT2D eigenvalue weighted by Gasteiger charge is -2.14. The summed E-state index contributed by atoms with van der Waals surface area (Å²) >= 11 is 0. The molecule has 0 saturated carbocycles. The molecule has 0 aliphatic rings. The van der Waals surface area contributed by atoms with Crippen LogP contribution in [0.4, 0.5) is 4.39 Å². The van der Waals surface area contributed by atoms with Gasteiger partial charge < -0.3 is 10.1 Å². The SMILES string of the molecule is COc1ccc(CN[C@H](C)c2ccncc2)c(F)c1. The fourth-order valence-corrected chi connectivity index (χ4v) is 1.83. The van der Waals surface area contributed by atoms with Gasteiger partial charge >= 0.3 is 0 Å². The molecular weight excluding hydrogens is 243 g/mol. The molecule has 1 N–H and O–H groups in total. The van der Waals surface area contributed by atoms with Crippen LogP contribution in [0.3, 0.4) is 0 Å². The number of hydrogen-bond acceptors (Lipinski definition) is 3. The monoisotopic (exact) mass is 260 g/mol. The summed E-state index contributed by atoms with van der Waals surface area (Å²) in [6.45, 7) is 2.51. The lowest BCUT2D eigenvalue weighted by atomic mass is 10.1. The molecular formula is C15H17FN2O. The van der Waals surface area contributed by atoms with Crippen molar-refractivity contribution >= 4 is 0 Å². The summed E-state index contributed by atoms with van der Waals surface area (Å²) in [6, 6.07) is 8.93. The van der Waals surface area contributed by atoms with Gasteiger partial charge in [-0.2, -0.15) is 0 Å². The maximum absolute atomic E-state index is 13.8. The molecule has 0 aliphatic heterocycles. The van der Waals surface area contributed by atoms with Gasteiger partial charge in [-0.3, -0.25) is 4.98 Å². The molecule has 0 bridgehead atoms. The van der Waals surface area contributed by atoms with Crippen molar-refractivity contribution in [2.45, 2.75) is 19.5 Å². The second kappa shape index (κ2) is 6.29. The predicted molar refractivity (Wildman–Crippen MR) is 72.4 cm³/mol. The van der Waals surface area contributed by atoms with Gasteiger partial charge in [0.15, 0.2) is 0 Å². The normalized spacial score (nSPS) is 12.2. The van der Waals surface area contributed by atoms with E-state index in [2.05, 4.69) is 10.3 Å². The number of aromatic nitrogens is 1. The molecule has 4 heteroatoms. The summed E-state index contributed by atoms with van der Waals surface area (Å²) in [7, 11) is 1.53. The van der Waals surface area contributed by atoms with Crippen LogP contribution in [-0.2, 0) is 6.54 Å². The summed E-state index contributed by atoms with van der Waals surface area (Å²) in [5.74, 6) is 0.275. The van der Waals surface area contributed by atoms with Crippen LogP contribution >= 0.6 is 0 Å². The first-order valence-electron chi connectivity index (χ1n) is 6.16. The quantitative estimate of drug-likeness (QED) is 0.897. The van der Waals surface area contributed by atoms with Crippen LogP contribution in [0.2, 0.25) is 0 Å². The Balaban J connectivity index is 1.99. The van der Waals surface area contributed by atoms with E-state index in [0.29, 0.717) is 17.9 Å². The average Bonchev–Trinajstić information content (AvgIpc) is 2.46. The van der Waals surface area contributed by atoms with Crippen molar-refractivity contribution in [2.75, 3.05) is 7.11 Å². The summed E-state index contributed by atoms with van der Waals surface area (Å²) in [5.41, 5.74) is 1.76. The number of nitrogens with zero attached hydrogens (tertiary/aromatic N) is 1. The number of benzene rings is 1. The van der Waals surface area contributed by atoms with Gasteiger partial charge in [0.25, 0.3) is 0 Å². The van der Waals surface area contributed by atoms with Crippen LogP contribution in [0, 0.1) is 5.82 Å². The Labute approximate surface area is 112 Å². The van der Waals surface area contributed by atoms with Crippen LogP contribution in [0.25, 0.3) is 0 Å². The first-order chi connectivity index (χ1) is 9.20. The molecule has 2 rings (SSSR count). The average molecular weight is 260 g/mol. The van der Waals surface area contributed by atoms with Gasteiger partial charge in [-0.05, 0) is 30.7 Å². The van der Waals surface area contributed by atoms with Crippen molar-refractivity contribution in [3.63, 3.8) is 0 Å². The van der Waals surface area contributed by atoms with Gasteiger partial charge in [0, 0.05) is 36.6 Å². The highest BCUT2D eigenvalue weighted by Crippen LogP contribution is 2.17. The fraction of sp³-hybridized carbons (Fsp3) is 0.267. The minimum atomic E-state index is -0.256. The second-order valence-corrected chi connectivity index (χ2v) is 4.34. The van der Waals surface area contributed by atoms with E-state index in [1.807, 2.05) is 19.1 Å². The van der Waals surface area contributed by atoms with Gasteiger partial charge in [-0.25, -0.2) is 4.39 Å². The Hall–Kier alpha value is -1.94. The van der Waals surface area contributed by atoms with E-state index in [1.54, 1.807) is 24.5 Å². The van der Waals surface area contributed by atoms with Gasteiger partial charge in [-0.15, -0.1) is 0 Å². The molecule has 0 spiro atoms. The molecule has 1 atom stereocenters. The number of pyridine rings is 1. The molecule has 1 heterocycles. The van der Waals surface area contributed by atoms with Gasteiger partial charge in [0.2, 0.25) is 0 Å². The second-order valence-electron chi connectivity index (χ2n) is 4.34. The number of methoxy groups -OCH3 is 1. The largest absolute Gasteiger partial charge is 0.497 e. The number of nitrogens with one attached hydrogen (secondary N) is 1. The Morgan fingerprint density at radius 2 is 2.00 bits per heavy atom. The standard InChI is InChI=1S/C15H17FN2O/c1-11(12-5-7-17-8-6-12)18-10-13-3-4-14(19-2)9-15(13)16/h3-9,11,18H,10H2,1-2H3/t11-/m1/s1. The zero-order chi connectivity index (χ0) is 13.7. The van der Waals surface area contributed by atoms with Crippen LogP contribution < -0.4 is 10.1 Å². The minimum absolute atomic E-state index is 0.143. The summed E-state index contributed by atoms with van der Waals surface area (Å²) in [6.07, 6.45) is 3.50. The maximum Gasteiger partial charge on any atom is 0.131 e. The van der Waals surface area contributed by atoms with Crippen molar-refractivity contribution in [3.05, 3.63) is 59.7 Å². The van der Waals surface area contributed by atoms with Crippen molar-refractivity contribution in [1.82, 2.24) is 10.3 Å². The highest BCUT2D eigenvalue weighted by Gasteiger charge is 2.07. The summed E-state index contributed by atoms with van der Waals surface area (Å²) < 4.78 is 18.7. The Morgan fingerprint density at radius 1 is 1.26 bits per heavy atom. The van der Waals surface area contributed by atoms with Crippen molar-refractivity contribution < 1.29 is 9.13 Å². The van der Waals surface area contributed by atoms with Crippen LogP contribution in [-0.4, -0.2) is 12.1 Å². The zero-order valence-corrected chi connectivity index (χ0v) is 11.1. The zero-order valence-electron chi connectivity index (χ0n) is 11.1. The van der Waals surface area contributed by atoms with E-state index >= 15 is 0 Å². The van der Waals surface area contributed by atoms with E-state index in [0.717, 1.165) is 5.56 Å². The Morgan fingerprint density at radius 3 is 2.63 bits per heavy atom. The lowest BCUT2D eigenvalue weighted by Crippen LogP contribution is -2.18. The molecule has 0 fully saturated rings. The molecule has 19 heavy (non-hydrogen) atoms. The molecule has 0 amide bonds. The third-order valence-corrected chi connectivity index (χ3v) is 3.07. The maximum atomic E-state index is 13.8. The van der Waals surface area contributed by atoms with Crippen molar-refractivity contribution in [3.8, 4) is 5.75 Å².